The summed E-state index contributed by atoms with van der Waals surface area (Å²) in [6.07, 6.45) is 5.68. The first kappa shape index (κ1) is 22.5. The lowest BCUT2D eigenvalue weighted by atomic mass is 9.78. The number of rotatable bonds is 8. The number of aryl methyl sites for hydroxylation is 1. The van der Waals surface area contributed by atoms with Crippen molar-refractivity contribution in [1.82, 2.24) is 0 Å². The number of hydrogen-bond donors (Lipinski definition) is 0. The molecule has 0 N–H and O–H groups in total. The Balaban J connectivity index is 1.53. The molecule has 1 amide bonds. The third-order valence-corrected chi connectivity index (χ3v) is 6.03. The first-order chi connectivity index (χ1) is 16.1. The van der Waals surface area contributed by atoms with E-state index in [4.69, 9.17) is 0 Å². The molecule has 1 fully saturated rings. The number of β-lactam (4-membered cyclic amide) rings is 1. The number of ether oxygens (including phenoxy) is 1. The van der Waals surface area contributed by atoms with Gasteiger partial charge in [0.05, 0.1) is 19.1 Å². The Bertz CT molecular complexity index is 1120. The van der Waals surface area contributed by atoms with E-state index in [1.165, 1.54) is 30.9 Å². The van der Waals surface area contributed by atoms with E-state index in [9.17, 15) is 14.0 Å². The Labute approximate surface area is 193 Å². The summed E-state index contributed by atoms with van der Waals surface area (Å²) in [5.41, 5.74) is 3.83. The van der Waals surface area contributed by atoms with Crippen LogP contribution in [0.4, 0.5) is 10.1 Å². The van der Waals surface area contributed by atoms with Crippen molar-refractivity contribution in [3.8, 4) is 0 Å². The van der Waals surface area contributed by atoms with Crippen LogP contribution in [0.5, 0.6) is 0 Å². The number of esters is 1. The molecule has 4 nitrogen and oxygen atoms in total. The molecule has 0 bridgehead atoms. The second-order valence-corrected chi connectivity index (χ2v) is 8.14. The number of hydrogen-bond acceptors (Lipinski definition) is 3. The van der Waals surface area contributed by atoms with Gasteiger partial charge in [0, 0.05) is 11.8 Å². The summed E-state index contributed by atoms with van der Waals surface area (Å²) in [7, 11) is 1.34. The highest BCUT2D eigenvalue weighted by atomic mass is 19.1. The fourth-order valence-corrected chi connectivity index (χ4v) is 4.31. The van der Waals surface area contributed by atoms with Crippen LogP contribution in [0, 0.1) is 11.7 Å². The predicted octanol–water partition coefficient (Wildman–Crippen LogP) is 5.74. The van der Waals surface area contributed by atoms with Crippen LogP contribution in [-0.2, 0) is 20.7 Å². The van der Waals surface area contributed by atoms with Crippen molar-refractivity contribution in [3.63, 3.8) is 0 Å². The number of anilines is 1. The number of carbonyl (C=O) groups is 2. The average molecular weight is 444 g/mol. The molecule has 3 aromatic rings. The molecule has 1 saturated heterocycles. The standard InChI is InChI=1S/C28H26FNO3/c1-33-26(31)19-12-21-10-13-22(14-11-21)27-25(9-5-8-20-6-3-2-4-7-20)28(32)30(27)24-17-15-23(29)16-18-24/h2-4,6-7,10-19,25,27H,5,8-9H2,1H3/t25-,27-/m0/s1. The topological polar surface area (TPSA) is 46.6 Å². The lowest BCUT2D eigenvalue weighted by molar-refractivity contribution is -0.134. The first-order valence-electron chi connectivity index (χ1n) is 11.1. The molecule has 0 unspecified atom stereocenters. The molecule has 0 radical (unpaired) electrons. The smallest absolute Gasteiger partial charge is 0.330 e. The van der Waals surface area contributed by atoms with E-state index in [0.717, 1.165) is 30.4 Å². The van der Waals surface area contributed by atoms with Gasteiger partial charge in [-0.15, -0.1) is 0 Å². The van der Waals surface area contributed by atoms with Crippen LogP contribution in [0.1, 0.15) is 35.6 Å². The Kier molecular flexibility index (Phi) is 6.98. The van der Waals surface area contributed by atoms with Crippen molar-refractivity contribution in [2.75, 3.05) is 12.0 Å². The maximum Gasteiger partial charge on any atom is 0.330 e. The molecule has 5 heteroatoms. The molecule has 2 atom stereocenters. The van der Waals surface area contributed by atoms with Crippen molar-refractivity contribution < 1.29 is 18.7 Å². The highest BCUT2D eigenvalue weighted by molar-refractivity contribution is 6.03. The molecular weight excluding hydrogens is 417 g/mol. The lowest BCUT2D eigenvalue weighted by Crippen LogP contribution is -2.55. The number of carbonyl (C=O) groups excluding carboxylic acids is 2. The molecule has 0 aliphatic carbocycles. The second-order valence-electron chi connectivity index (χ2n) is 8.14. The van der Waals surface area contributed by atoms with Crippen LogP contribution in [-0.4, -0.2) is 19.0 Å². The van der Waals surface area contributed by atoms with Crippen molar-refractivity contribution in [3.05, 3.63) is 107 Å². The van der Waals surface area contributed by atoms with Gasteiger partial charge in [-0.3, -0.25) is 4.79 Å². The summed E-state index contributed by atoms with van der Waals surface area (Å²) in [5.74, 6) is -0.807. The van der Waals surface area contributed by atoms with Crippen LogP contribution >= 0.6 is 0 Å². The van der Waals surface area contributed by atoms with Crippen LogP contribution in [0.2, 0.25) is 0 Å². The fraction of sp³-hybridized carbons (Fsp3) is 0.214. The number of methoxy groups -OCH3 is 1. The average Bonchev–Trinajstić information content (AvgIpc) is 2.85. The van der Waals surface area contributed by atoms with Crippen LogP contribution in [0.25, 0.3) is 6.08 Å². The maximum absolute atomic E-state index is 13.5. The molecule has 4 rings (SSSR count). The number of benzene rings is 3. The van der Waals surface area contributed by atoms with Crippen LogP contribution < -0.4 is 4.90 Å². The van der Waals surface area contributed by atoms with Gasteiger partial charge < -0.3 is 9.64 Å². The monoisotopic (exact) mass is 443 g/mol. The number of amides is 1. The van der Waals surface area contributed by atoms with E-state index in [-0.39, 0.29) is 23.7 Å². The van der Waals surface area contributed by atoms with E-state index in [1.807, 2.05) is 42.5 Å². The molecule has 0 spiro atoms. The minimum atomic E-state index is -0.412. The fourth-order valence-electron chi connectivity index (χ4n) is 4.31. The minimum absolute atomic E-state index is 0.0642. The van der Waals surface area contributed by atoms with Crippen LogP contribution in [0.3, 0.4) is 0 Å². The highest BCUT2D eigenvalue weighted by Gasteiger charge is 2.48. The molecule has 0 aromatic heterocycles. The first-order valence-corrected chi connectivity index (χ1v) is 11.1. The van der Waals surface area contributed by atoms with E-state index in [1.54, 1.807) is 23.1 Å². The molecule has 1 heterocycles. The molecule has 168 valence electrons. The van der Waals surface area contributed by atoms with Gasteiger partial charge in [0.25, 0.3) is 0 Å². The Morgan fingerprint density at radius 1 is 1.00 bits per heavy atom. The summed E-state index contributed by atoms with van der Waals surface area (Å²) < 4.78 is 18.1. The van der Waals surface area contributed by atoms with Gasteiger partial charge >= 0.3 is 5.97 Å². The normalized spacial score (nSPS) is 17.8. The largest absolute Gasteiger partial charge is 0.466 e. The number of halogens is 1. The number of nitrogens with zero attached hydrogens (tertiary/aromatic N) is 1. The van der Waals surface area contributed by atoms with Gasteiger partial charge in [-0.1, -0.05) is 54.6 Å². The zero-order valence-corrected chi connectivity index (χ0v) is 18.5. The second kappa shape index (κ2) is 10.3. The Hall–Kier alpha value is -3.73. The third kappa shape index (κ3) is 5.20. The Morgan fingerprint density at radius 3 is 2.36 bits per heavy atom. The van der Waals surface area contributed by atoms with Crippen LogP contribution in [0.15, 0.2) is 84.9 Å². The van der Waals surface area contributed by atoms with Gasteiger partial charge in [-0.2, -0.15) is 0 Å². The highest BCUT2D eigenvalue weighted by Crippen LogP contribution is 2.45. The van der Waals surface area contributed by atoms with E-state index in [2.05, 4.69) is 16.9 Å². The quantitative estimate of drug-likeness (QED) is 0.253. The van der Waals surface area contributed by atoms with Gasteiger partial charge in [0.15, 0.2) is 0 Å². The van der Waals surface area contributed by atoms with E-state index < -0.39 is 5.97 Å². The third-order valence-electron chi connectivity index (χ3n) is 6.03. The van der Waals surface area contributed by atoms with Gasteiger partial charge in [0.2, 0.25) is 5.91 Å². The van der Waals surface area contributed by atoms with Crippen molar-refractivity contribution >= 4 is 23.6 Å². The SMILES string of the molecule is COC(=O)C=Cc1ccc([C@H]2[C@H](CCCc3ccccc3)C(=O)N2c2ccc(F)cc2)cc1. The van der Waals surface area contributed by atoms with Gasteiger partial charge in [-0.05, 0) is 66.3 Å². The molecule has 1 aliphatic heterocycles. The zero-order valence-electron chi connectivity index (χ0n) is 18.5. The van der Waals surface area contributed by atoms with Crippen molar-refractivity contribution in [2.45, 2.75) is 25.3 Å². The Morgan fingerprint density at radius 2 is 1.70 bits per heavy atom. The predicted molar refractivity (Wildman–Crippen MR) is 127 cm³/mol. The van der Waals surface area contributed by atoms with Gasteiger partial charge in [0.1, 0.15) is 5.82 Å². The summed E-state index contributed by atoms with van der Waals surface area (Å²) in [6.45, 7) is 0. The zero-order chi connectivity index (χ0) is 23.2. The lowest BCUT2D eigenvalue weighted by Gasteiger charge is -2.47. The van der Waals surface area contributed by atoms with Gasteiger partial charge in [-0.25, -0.2) is 9.18 Å². The minimum Gasteiger partial charge on any atom is -0.466 e. The summed E-state index contributed by atoms with van der Waals surface area (Å²) in [4.78, 5) is 26.2. The van der Waals surface area contributed by atoms with Crippen molar-refractivity contribution in [1.29, 1.82) is 0 Å². The molecule has 0 saturated carbocycles. The molecular formula is C28H26FNO3. The van der Waals surface area contributed by atoms with E-state index >= 15 is 0 Å². The summed E-state index contributed by atoms with van der Waals surface area (Å²) in [6, 6.07) is 24.0. The molecule has 1 aliphatic rings. The van der Waals surface area contributed by atoms with Crippen molar-refractivity contribution in [2.24, 2.45) is 5.92 Å². The molecule has 33 heavy (non-hydrogen) atoms. The van der Waals surface area contributed by atoms with E-state index in [0.29, 0.717) is 5.69 Å². The molecule has 3 aromatic carbocycles. The summed E-state index contributed by atoms with van der Waals surface area (Å²) >= 11 is 0. The maximum atomic E-state index is 13.5. The summed E-state index contributed by atoms with van der Waals surface area (Å²) in [5, 5.41) is 0.